The predicted octanol–water partition coefficient (Wildman–Crippen LogP) is 32.4. The van der Waals surface area contributed by atoms with Crippen LogP contribution in [0.4, 0.5) is 34.1 Å². The van der Waals surface area contributed by atoms with E-state index in [0.717, 1.165) is 137 Å². The molecule has 3 aromatic heterocycles. The number of furan rings is 1. The van der Waals surface area contributed by atoms with Gasteiger partial charge in [0, 0.05) is 83.6 Å². The number of rotatable bonds is 14. The van der Waals surface area contributed by atoms with Crippen molar-refractivity contribution in [2.75, 3.05) is 9.80 Å². The molecule has 0 saturated carbocycles. The Morgan fingerprint density at radius 3 is 1.24 bits per heavy atom. The molecule has 598 valence electrons. The molecule has 0 atom stereocenters. The zero-order chi connectivity index (χ0) is 83.5. The summed E-state index contributed by atoms with van der Waals surface area (Å²) in [5.74, 6) is 0. The average Bonchev–Trinajstić information content (AvgIpc) is 1.54. The lowest BCUT2D eigenvalue weighted by Crippen LogP contribution is -2.33. The molecule has 0 saturated heterocycles. The number of anilines is 6. The fourth-order valence-corrected chi connectivity index (χ4v) is 22.0. The lowest BCUT2D eigenvalue weighted by Gasteiger charge is -2.42. The number of benzene rings is 17. The van der Waals surface area contributed by atoms with Crippen LogP contribution in [0, 0.1) is 0 Å². The third-order valence-corrected chi connectivity index (χ3v) is 28.5. The van der Waals surface area contributed by atoms with Crippen LogP contribution in [0.3, 0.4) is 0 Å². The largest absolute Gasteiger partial charge is 0.456 e. The minimum Gasteiger partial charge on any atom is -0.456 e. The molecule has 0 spiro atoms. The van der Waals surface area contributed by atoms with Crippen molar-refractivity contribution in [3.05, 3.63) is 433 Å². The molecule has 0 amide bonds. The first-order valence-corrected chi connectivity index (χ1v) is 44.2. The smallest absolute Gasteiger partial charge is 0.137 e. The van der Waals surface area contributed by atoms with Gasteiger partial charge in [-0.1, -0.05) is 322 Å². The first kappa shape index (κ1) is 74.8. The van der Waals surface area contributed by atoms with E-state index in [1.165, 1.54) is 99.6 Å². The molecule has 0 N–H and O–H groups in total. The Balaban J connectivity index is 0.694. The summed E-state index contributed by atoms with van der Waals surface area (Å²) >= 11 is 0. The molecule has 124 heavy (non-hydrogen) atoms. The van der Waals surface area contributed by atoms with Crippen LogP contribution in [-0.4, -0.2) is 9.13 Å². The van der Waals surface area contributed by atoms with Gasteiger partial charge >= 0.3 is 0 Å². The molecule has 0 aliphatic heterocycles. The average molecular weight is 1600 g/mol. The highest BCUT2D eigenvalue weighted by Gasteiger charge is 2.47. The summed E-state index contributed by atoms with van der Waals surface area (Å²) in [4.78, 5) is 5.01. The molecule has 0 radical (unpaired) electrons. The van der Waals surface area contributed by atoms with Gasteiger partial charge in [0.15, 0.2) is 0 Å². The first-order chi connectivity index (χ1) is 60.5. The third kappa shape index (κ3) is 11.8. The van der Waals surface area contributed by atoms with Crippen LogP contribution in [0.25, 0.3) is 133 Å². The number of hydrogen-bond acceptors (Lipinski definition) is 3. The maximum absolute atomic E-state index is 7.23. The fourth-order valence-electron chi connectivity index (χ4n) is 22.0. The number of nitrogens with zero attached hydrogens (tertiary/aromatic N) is 4. The summed E-state index contributed by atoms with van der Waals surface area (Å²) in [5.41, 5.74) is 36.7. The molecular weight excluding hydrogens is 1500 g/mol. The van der Waals surface area contributed by atoms with Crippen molar-refractivity contribution < 1.29 is 4.42 Å². The van der Waals surface area contributed by atoms with Crippen molar-refractivity contribution in [2.45, 2.75) is 108 Å². The summed E-state index contributed by atoms with van der Waals surface area (Å²) in [6.07, 6.45) is 4.59. The Kier molecular flexibility index (Phi) is 17.1. The zero-order valence-corrected chi connectivity index (χ0v) is 71.5. The minimum absolute atomic E-state index is 0.0174. The van der Waals surface area contributed by atoms with E-state index in [4.69, 9.17) is 4.42 Å². The zero-order valence-electron chi connectivity index (χ0n) is 71.5. The van der Waals surface area contributed by atoms with E-state index >= 15 is 0 Å². The maximum atomic E-state index is 7.23. The molecule has 20 aromatic rings. The standard InChI is InChI=1S/C119H96N4O/c1-115(2)65-67-117(5,6)105-72-84(56-61-103(105)115)122-108-49-28-23-44-94(108)96-58-53-86(74-111(96)122)120(83-38-30-37-82(71-83)119(81-35-16-11-17-36-81)101-46-25-20-41-91(101)92-42-21-26-47-102(92)119)107-48-27-22-43-93(107)90-40-19-18-39-89(90)80-52-64-113-100(70-80)98-60-55-88(76-114(98)124-113)121(110-63-51-79(77-31-12-9-13-32-77)69-99(110)78-33-14-10-15-34-78)87-54-59-97-95-45-24-29-50-109(95)123(112(97)75-87)85-57-62-104-106(73-85)118(7,8)68-66-116(104,3)4/h9-64,69-76H,65-68H2,1-8H3. The van der Waals surface area contributed by atoms with E-state index in [1.807, 2.05) is 0 Å². The first-order valence-electron chi connectivity index (χ1n) is 44.2. The molecule has 3 aliphatic carbocycles. The van der Waals surface area contributed by atoms with E-state index in [9.17, 15) is 0 Å². The molecular formula is C119H96N4O. The molecule has 0 bridgehead atoms. The highest BCUT2D eigenvalue weighted by atomic mass is 16.3. The summed E-state index contributed by atoms with van der Waals surface area (Å²) in [7, 11) is 0. The van der Waals surface area contributed by atoms with E-state index in [-0.39, 0.29) is 21.7 Å². The van der Waals surface area contributed by atoms with Crippen molar-refractivity contribution in [1.29, 1.82) is 0 Å². The number of fused-ring (bicyclic) bond motifs is 14. The lowest BCUT2D eigenvalue weighted by molar-refractivity contribution is 0.332. The molecule has 0 fully saturated rings. The third-order valence-electron chi connectivity index (χ3n) is 28.5. The summed E-state index contributed by atoms with van der Waals surface area (Å²) in [5, 5.41) is 6.95. The fraction of sp³-hybridized carbons (Fsp3) is 0.143. The quantitative estimate of drug-likeness (QED) is 0.109. The van der Waals surface area contributed by atoms with E-state index in [0.29, 0.717) is 0 Å². The van der Waals surface area contributed by atoms with Crippen molar-refractivity contribution in [3.8, 4) is 67.0 Å². The number of para-hydroxylation sites is 3. The second kappa shape index (κ2) is 28.4. The Morgan fingerprint density at radius 2 is 0.661 bits per heavy atom. The van der Waals surface area contributed by atoms with Crippen molar-refractivity contribution in [3.63, 3.8) is 0 Å². The van der Waals surface area contributed by atoms with Crippen LogP contribution in [0.15, 0.2) is 393 Å². The van der Waals surface area contributed by atoms with Gasteiger partial charge in [-0.05, 0) is 252 Å². The van der Waals surface area contributed by atoms with Crippen LogP contribution >= 0.6 is 0 Å². The van der Waals surface area contributed by atoms with Gasteiger partial charge in [0.2, 0.25) is 0 Å². The highest BCUT2D eigenvalue weighted by Crippen LogP contribution is 2.59. The molecule has 5 heteroatoms. The van der Waals surface area contributed by atoms with Gasteiger partial charge in [-0.2, -0.15) is 0 Å². The highest BCUT2D eigenvalue weighted by molar-refractivity contribution is 6.14. The lowest BCUT2D eigenvalue weighted by atomic mass is 9.63. The van der Waals surface area contributed by atoms with Crippen LogP contribution in [0.2, 0.25) is 0 Å². The van der Waals surface area contributed by atoms with Crippen LogP contribution in [-0.2, 0) is 27.1 Å². The van der Waals surface area contributed by atoms with Crippen molar-refractivity contribution in [1.82, 2.24) is 9.13 Å². The maximum Gasteiger partial charge on any atom is 0.137 e. The second-order valence-corrected chi connectivity index (χ2v) is 37.6. The summed E-state index contributed by atoms with van der Waals surface area (Å²) < 4.78 is 12.3. The van der Waals surface area contributed by atoms with E-state index < -0.39 is 5.41 Å². The second-order valence-electron chi connectivity index (χ2n) is 37.6. The molecule has 3 heterocycles. The van der Waals surface area contributed by atoms with Crippen LogP contribution < -0.4 is 9.80 Å². The van der Waals surface area contributed by atoms with Gasteiger partial charge in [-0.25, -0.2) is 0 Å². The Labute approximate surface area is 726 Å². The molecule has 23 rings (SSSR count). The minimum atomic E-state index is -0.637. The van der Waals surface area contributed by atoms with E-state index in [1.54, 1.807) is 0 Å². The Bertz CT molecular complexity index is 7650. The summed E-state index contributed by atoms with van der Waals surface area (Å²) in [6.45, 7) is 19.4. The van der Waals surface area contributed by atoms with Crippen LogP contribution in [0.5, 0.6) is 0 Å². The van der Waals surface area contributed by atoms with Gasteiger partial charge in [-0.15, -0.1) is 0 Å². The predicted molar refractivity (Wildman–Crippen MR) is 521 cm³/mol. The molecule has 5 nitrogen and oxygen atoms in total. The van der Waals surface area contributed by atoms with Crippen molar-refractivity contribution >= 4 is 99.7 Å². The molecule has 3 aliphatic rings. The molecule has 0 unspecified atom stereocenters. The van der Waals surface area contributed by atoms with Gasteiger partial charge in [0.05, 0.1) is 38.9 Å². The number of hydrogen-bond donors (Lipinski definition) is 0. The van der Waals surface area contributed by atoms with Gasteiger partial charge in [0.25, 0.3) is 0 Å². The summed E-state index contributed by atoms with van der Waals surface area (Å²) in [6, 6.07) is 146. The topological polar surface area (TPSA) is 29.5 Å². The normalized spacial score (nSPS) is 15.1. The SMILES string of the molecule is CC1(C)CCC(C)(C)c2cc(-n3c4ccccc4c4ccc(N(c5ccc6c(c5)oc5ccc(-c7ccccc7-c7ccccc7N(c7cccc(C8(c9ccccc9)c9ccccc9-c9ccccc98)c7)c7ccc8c9ccccc9n(-c9ccc%10c(c9)C(C)(C)CCC%10(C)C)c8c7)cc56)c5ccc(-c6ccccc6)cc5-c5ccccc5)cc43)ccc21. The van der Waals surface area contributed by atoms with E-state index in [2.05, 4.69) is 463 Å². The van der Waals surface area contributed by atoms with Crippen LogP contribution in [0.1, 0.15) is 126 Å². The number of aromatic nitrogens is 2. The Morgan fingerprint density at radius 1 is 0.226 bits per heavy atom. The van der Waals surface area contributed by atoms with Gasteiger partial charge in [-0.3, -0.25) is 0 Å². The van der Waals surface area contributed by atoms with Gasteiger partial charge < -0.3 is 23.4 Å². The Hall–Kier alpha value is -14.3. The monoisotopic (exact) mass is 1600 g/mol. The molecule has 17 aromatic carbocycles. The van der Waals surface area contributed by atoms with Gasteiger partial charge in [0.1, 0.15) is 11.2 Å². The van der Waals surface area contributed by atoms with Crippen molar-refractivity contribution in [2.24, 2.45) is 0 Å².